The number of nitrogens with zero attached hydrogens (tertiary/aromatic N) is 3. The number of carbonyl (C=O) groups excluding carboxylic acids is 1. The van der Waals surface area contributed by atoms with Crippen LogP contribution in [0.1, 0.15) is 16.8 Å². The molecule has 2 saturated heterocycles. The highest BCUT2D eigenvalue weighted by Crippen LogP contribution is 2.33. The second-order valence-electron chi connectivity index (χ2n) is 8.70. The summed E-state index contributed by atoms with van der Waals surface area (Å²) in [6, 6.07) is 12.1. The van der Waals surface area contributed by atoms with Gasteiger partial charge in [0.15, 0.2) is 17.3 Å². The number of ether oxygens (including phenoxy) is 3. The third-order valence-corrected chi connectivity index (χ3v) is 6.49. The van der Waals surface area contributed by atoms with Crippen LogP contribution in [0.15, 0.2) is 47.0 Å². The number of aromatic nitrogens is 3. The van der Waals surface area contributed by atoms with Gasteiger partial charge in [-0.05, 0) is 24.6 Å². The van der Waals surface area contributed by atoms with Gasteiger partial charge in [-0.1, -0.05) is 17.3 Å². The summed E-state index contributed by atoms with van der Waals surface area (Å²) >= 11 is 0. The fourth-order valence-electron chi connectivity index (χ4n) is 4.67. The third kappa shape index (κ3) is 3.94. The Kier molecular flexibility index (Phi) is 5.46. The lowest BCUT2D eigenvalue weighted by atomic mass is 10.1. The zero-order valence-corrected chi connectivity index (χ0v) is 19.0. The molecule has 2 aromatic carbocycles. The van der Waals surface area contributed by atoms with Crippen LogP contribution in [0, 0.1) is 5.82 Å². The number of aromatic amines is 1. The number of methoxy groups -OCH3 is 1. The summed E-state index contributed by atoms with van der Waals surface area (Å²) in [6.45, 7) is 1.86. The molecule has 2 atom stereocenters. The van der Waals surface area contributed by atoms with Gasteiger partial charge in [-0.2, -0.15) is 5.10 Å². The molecule has 0 spiro atoms. The maximum Gasteiger partial charge on any atom is 0.254 e. The lowest BCUT2D eigenvalue weighted by Gasteiger charge is -2.26. The van der Waals surface area contributed by atoms with E-state index in [9.17, 15) is 9.18 Å². The first kappa shape index (κ1) is 21.8. The molecule has 0 unspecified atom stereocenters. The predicted molar refractivity (Wildman–Crippen MR) is 124 cm³/mol. The van der Waals surface area contributed by atoms with Gasteiger partial charge < -0.3 is 23.6 Å². The highest BCUT2D eigenvalue weighted by molar-refractivity contribution is 5.95. The number of benzene rings is 2. The minimum atomic E-state index is -0.506. The van der Waals surface area contributed by atoms with Crippen LogP contribution >= 0.6 is 0 Å². The Bertz CT molecular complexity index is 1380. The molecule has 0 aliphatic carbocycles. The van der Waals surface area contributed by atoms with E-state index in [2.05, 4.69) is 15.4 Å². The van der Waals surface area contributed by atoms with Crippen LogP contribution in [0.3, 0.4) is 0 Å². The summed E-state index contributed by atoms with van der Waals surface area (Å²) in [5.74, 6) is 0.0247. The van der Waals surface area contributed by atoms with Gasteiger partial charge in [0.25, 0.3) is 5.91 Å². The van der Waals surface area contributed by atoms with E-state index in [4.69, 9.17) is 18.7 Å². The number of likely N-dealkylation sites (tertiary alicyclic amines) is 1. The van der Waals surface area contributed by atoms with Crippen molar-refractivity contribution in [3.63, 3.8) is 0 Å². The predicted octanol–water partition coefficient (Wildman–Crippen LogP) is 3.66. The van der Waals surface area contributed by atoms with Gasteiger partial charge in [0.05, 0.1) is 30.9 Å². The topological polar surface area (TPSA) is 103 Å². The summed E-state index contributed by atoms with van der Waals surface area (Å²) in [5, 5.41) is 11.9. The summed E-state index contributed by atoms with van der Waals surface area (Å²) < 4.78 is 36.0. The van der Waals surface area contributed by atoms with Gasteiger partial charge >= 0.3 is 0 Å². The first-order valence-corrected chi connectivity index (χ1v) is 11.4. The molecule has 2 aromatic heterocycles. The van der Waals surface area contributed by atoms with E-state index in [1.807, 2.05) is 17.0 Å². The molecule has 0 radical (unpaired) electrons. The van der Waals surface area contributed by atoms with E-state index < -0.39 is 5.82 Å². The van der Waals surface area contributed by atoms with Gasteiger partial charge in [-0.25, -0.2) is 4.39 Å². The number of halogens is 1. The van der Waals surface area contributed by atoms with Crippen molar-refractivity contribution in [3.8, 4) is 28.5 Å². The average Bonchev–Trinajstić information content (AvgIpc) is 3.68. The Hall–Kier alpha value is -3.76. The molecule has 4 aromatic rings. The number of hydrogen-bond acceptors (Lipinski definition) is 7. The van der Waals surface area contributed by atoms with Crippen LogP contribution in [-0.4, -0.2) is 71.8 Å². The van der Waals surface area contributed by atoms with Crippen molar-refractivity contribution in [2.45, 2.75) is 18.6 Å². The number of H-pyrrole nitrogens is 1. The summed E-state index contributed by atoms with van der Waals surface area (Å²) in [7, 11) is 1.55. The van der Waals surface area contributed by atoms with E-state index in [1.54, 1.807) is 31.4 Å². The largest absolute Gasteiger partial charge is 0.488 e. The van der Waals surface area contributed by atoms with Crippen LogP contribution in [-0.2, 0) is 9.47 Å². The number of hydrogen-bond donors (Lipinski definition) is 1. The van der Waals surface area contributed by atoms with Gasteiger partial charge in [0, 0.05) is 42.3 Å². The SMILES string of the molecule is COCCOc1cc2[nH]nc(-c3cc(-c4ccc(C(=O)N5C[C@@H]6C[C@H]5CO6)cc4)no3)c2cc1F. The fraction of sp³-hybridized carbons (Fsp3) is 0.320. The monoisotopic (exact) mass is 478 g/mol. The minimum absolute atomic E-state index is 0.0174. The number of nitrogens with one attached hydrogen (secondary N) is 1. The second-order valence-corrected chi connectivity index (χ2v) is 8.70. The molecule has 6 rings (SSSR count). The summed E-state index contributed by atoms with van der Waals surface area (Å²) in [5.41, 5.74) is 3.06. The molecule has 35 heavy (non-hydrogen) atoms. The van der Waals surface area contributed by atoms with Gasteiger partial charge in [0.2, 0.25) is 0 Å². The zero-order chi connectivity index (χ0) is 23.9. The van der Waals surface area contributed by atoms with E-state index in [1.165, 1.54) is 6.07 Å². The molecular weight excluding hydrogens is 455 g/mol. The minimum Gasteiger partial charge on any atom is -0.488 e. The summed E-state index contributed by atoms with van der Waals surface area (Å²) in [4.78, 5) is 14.8. The number of fused-ring (bicyclic) bond motifs is 3. The van der Waals surface area contributed by atoms with Crippen LogP contribution in [0.4, 0.5) is 4.39 Å². The molecular formula is C25H23FN4O5. The molecule has 1 N–H and O–H groups in total. The van der Waals surface area contributed by atoms with Crippen LogP contribution in [0.2, 0.25) is 0 Å². The Morgan fingerprint density at radius 2 is 2.09 bits per heavy atom. The third-order valence-electron chi connectivity index (χ3n) is 6.49. The summed E-state index contributed by atoms with van der Waals surface area (Å²) in [6.07, 6.45) is 1.08. The van der Waals surface area contributed by atoms with Crippen molar-refractivity contribution in [3.05, 3.63) is 53.8 Å². The van der Waals surface area contributed by atoms with Gasteiger partial charge in [0.1, 0.15) is 18.0 Å². The van der Waals surface area contributed by atoms with Crippen molar-refractivity contribution in [2.75, 3.05) is 33.5 Å². The number of morpholine rings is 1. The zero-order valence-electron chi connectivity index (χ0n) is 19.0. The first-order chi connectivity index (χ1) is 17.1. The maximum absolute atomic E-state index is 14.6. The van der Waals surface area contributed by atoms with Gasteiger partial charge in [-0.3, -0.25) is 9.89 Å². The molecule has 10 heteroatoms. The Balaban J connectivity index is 1.21. The molecule has 9 nitrogen and oxygen atoms in total. The van der Waals surface area contributed by atoms with Crippen LogP contribution < -0.4 is 4.74 Å². The molecule has 180 valence electrons. The Morgan fingerprint density at radius 3 is 2.83 bits per heavy atom. The molecule has 1 amide bonds. The van der Waals surface area contributed by atoms with Crippen molar-refractivity contribution in [1.29, 1.82) is 0 Å². The average molecular weight is 478 g/mol. The fourth-order valence-corrected chi connectivity index (χ4v) is 4.67. The van der Waals surface area contributed by atoms with E-state index in [-0.39, 0.29) is 30.4 Å². The number of rotatable bonds is 7. The highest BCUT2D eigenvalue weighted by atomic mass is 19.1. The second kappa shape index (κ2) is 8.79. The van der Waals surface area contributed by atoms with Gasteiger partial charge in [-0.15, -0.1) is 0 Å². The molecule has 2 fully saturated rings. The molecule has 2 aliphatic heterocycles. The molecule has 2 bridgehead atoms. The van der Waals surface area contributed by atoms with Crippen molar-refractivity contribution in [1.82, 2.24) is 20.3 Å². The maximum atomic E-state index is 14.6. The first-order valence-electron chi connectivity index (χ1n) is 11.4. The Labute approximate surface area is 199 Å². The highest BCUT2D eigenvalue weighted by Gasteiger charge is 2.41. The molecule has 2 aliphatic rings. The van der Waals surface area contributed by atoms with E-state index in [0.29, 0.717) is 53.4 Å². The lowest BCUT2D eigenvalue weighted by molar-refractivity contribution is 0.0259. The lowest BCUT2D eigenvalue weighted by Crippen LogP contribution is -2.41. The number of carbonyl (C=O) groups is 1. The van der Waals surface area contributed by atoms with E-state index >= 15 is 0 Å². The molecule has 4 heterocycles. The Morgan fingerprint density at radius 1 is 1.23 bits per heavy atom. The molecule has 0 saturated carbocycles. The van der Waals surface area contributed by atoms with Crippen molar-refractivity contribution >= 4 is 16.8 Å². The quantitative estimate of drug-likeness (QED) is 0.405. The standard InChI is InChI=1S/C25H23FN4O5/c1-32-6-7-33-22-11-21-18(9-19(22)26)24(28-27-21)23-10-20(29-35-23)14-2-4-15(5-3-14)25(31)30-12-17-8-16(30)13-34-17/h2-5,9-11,16-17H,6-8,12-13H2,1H3,(H,27,28)/t16-,17-/m0/s1. The van der Waals surface area contributed by atoms with Crippen molar-refractivity contribution in [2.24, 2.45) is 0 Å². The van der Waals surface area contributed by atoms with Crippen LogP contribution in [0.25, 0.3) is 33.6 Å². The van der Waals surface area contributed by atoms with E-state index in [0.717, 1.165) is 12.0 Å². The van der Waals surface area contributed by atoms with Crippen LogP contribution in [0.5, 0.6) is 5.75 Å². The number of amides is 1. The normalized spacial score (nSPS) is 19.1. The van der Waals surface area contributed by atoms with Crippen molar-refractivity contribution < 1.29 is 27.9 Å². The smallest absolute Gasteiger partial charge is 0.254 e.